The monoisotopic (exact) mass is 338 g/mol. The number of benzene rings is 3. The van der Waals surface area contributed by atoms with Crippen LogP contribution in [0.4, 0.5) is 8.78 Å². The van der Waals surface area contributed by atoms with E-state index in [1.54, 1.807) is 12.1 Å². The molecule has 0 unspecified atom stereocenters. The van der Waals surface area contributed by atoms with Crippen LogP contribution in [0, 0.1) is 11.6 Å². The Labute approximate surface area is 141 Å². The van der Waals surface area contributed by atoms with Gasteiger partial charge in [-0.1, -0.05) is 36.4 Å². The maximum Gasteiger partial charge on any atom is 0.191 e. The van der Waals surface area contributed by atoms with E-state index in [1.165, 1.54) is 6.07 Å². The van der Waals surface area contributed by atoms with Gasteiger partial charge in [-0.25, -0.2) is 13.5 Å². The Kier molecular flexibility index (Phi) is 3.39. The Morgan fingerprint density at radius 3 is 2.32 bits per heavy atom. The Hall–Kier alpha value is -3.41. The second-order valence-corrected chi connectivity index (χ2v) is 5.58. The highest BCUT2D eigenvalue weighted by Crippen LogP contribution is 2.34. The number of aromatic hydroxyl groups is 2. The molecule has 4 aromatic rings. The summed E-state index contributed by atoms with van der Waals surface area (Å²) in [4.78, 5) is 0. The fourth-order valence-electron chi connectivity index (χ4n) is 2.81. The summed E-state index contributed by atoms with van der Waals surface area (Å²) in [5, 5.41) is 23.8. The first kappa shape index (κ1) is 15.1. The van der Waals surface area contributed by atoms with Crippen molar-refractivity contribution in [1.29, 1.82) is 0 Å². The van der Waals surface area contributed by atoms with Gasteiger partial charge in [-0.3, -0.25) is 0 Å². The highest BCUT2D eigenvalue weighted by Gasteiger charge is 2.19. The number of nitrogens with zero attached hydrogens (tertiary/aromatic N) is 2. The quantitative estimate of drug-likeness (QED) is 0.570. The van der Waals surface area contributed by atoms with Crippen molar-refractivity contribution in [2.24, 2.45) is 0 Å². The molecule has 0 saturated heterocycles. The summed E-state index contributed by atoms with van der Waals surface area (Å²) in [6, 6.07) is 15.0. The van der Waals surface area contributed by atoms with Gasteiger partial charge in [0.1, 0.15) is 22.8 Å². The second-order valence-electron chi connectivity index (χ2n) is 5.58. The molecule has 4 nitrogen and oxygen atoms in total. The van der Waals surface area contributed by atoms with Gasteiger partial charge in [-0.15, -0.1) is 0 Å². The van der Waals surface area contributed by atoms with Crippen LogP contribution >= 0.6 is 0 Å². The first-order valence-electron chi connectivity index (χ1n) is 7.50. The molecule has 0 aliphatic rings. The van der Waals surface area contributed by atoms with Crippen molar-refractivity contribution in [1.82, 2.24) is 9.78 Å². The molecule has 0 spiro atoms. The summed E-state index contributed by atoms with van der Waals surface area (Å²) in [6.45, 7) is 0. The lowest BCUT2D eigenvalue weighted by Crippen LogP contribution is -1.99. The van der Waals surface area contributed by atoms with Crippen molar-refractivity contribution in [2.75, 3.05) is 0 Å². The van der Waals surface area contributed by atoms with Gasteiger partial charge in [0.25, 0.3) is 0 Å². The number of rotatable bonds is 2. The maximum absolute atomic E-state index is 14.3. The minimum atomic E-state index is -1.000. The molecule has 0 radical (unpaired) electrons. The minimum absolute atomic E-state index is 0.0816. The summed E-state index contributed by atoms with van der Waals surface area (Å²) in [5.41, 5.74) is 1.62. The van der Waals surface area contributed by atoms with Crippen LogP contribution in [0.2, 0.25) is 0 Å². The van der Waals surface area contributed by atoms with E-state index in [-0.39, 0.29) is 22.3 Å². The van der Waals surface area contributed by atoms with E-state index in [4.69, 9.17) is 0 Å². The van der Waals surface area contributed by atoms with Crippen LogP contribution in [0.1, 0.15) is 0 Å². The van der Waals surface area contributed by atoms with Gasteiger partial charge < -0.3 is 10.2 Å². The zero-order chi connectivity index (χ0) is 17.6. The minimum Gasteiger partial charge on any atom is -0.506 e. The summed E-state index contributed by atoms with van der Waals surface area (Å²) < 4.78 is 29.2. The molecule has 0 fully saturated rings. The molecule has 2 N–H and O–H groups in total. The normalized spacial score (nSPS) is 11.1. The zero-order valence-electron chi connectivity index (χ0n) is 12.8. The number of hydrogen-bond acceptors (Lipinski definition) is 3. The highest BCUT2D eigenvalue weighted by molar-refractivity contribution is 5.84. The van der Waals surface area contributed by atoms with Crippen molar-refractivity contribution in [2.45, 2.75) is 0 Å². The molecule has 0 bridgehead atoms. The molecule has 1 heterocycles. The van der Waals surface area contributed by atoms with Gasteiger partial charge in [-0.2, -0.15) is 5.10 Å². The number of halogens is 2. The van der Waals surface area contributed by atoms with Gasteiger partial charge in [0, 0.05) is 6.07 Å². The largest absolute Gasteiger partial charge is 0.506 e. The summed E-state index contributed by atoms with van der Waals surface area (Å²) in [5.74, 6) is -2.75. The molecule has 0 aliphatic carbocycles. The fraction of sp³-hybridized carbons (Fsp3) is 0. The molecule has 25 heavy (non-hydrogen) atoms. The molecule has 6 heteroatoms. The van der Waals surface area contributed by atoms with Crippen molar-refractivity contribution in [3.8, 4) is 28.3 Å². The first-order chi connectivity index (χ1) is 12.1. The number of phenols is 2. The number of phenolic OH excluding ortho intramolecular Hbond substituents is 2. The Bertz CT molecular complexity index is 1090. The molecular formula is C19H12F2N2O2. The second kappa shape index (κ2) is 5.59. The molecule has 0 amide bonds. The van der Waals surface area contributed by atoms with Crippen LogP contribution in [-0.4, -0.2) is 20.0 Å². The van der Waals surface area contributed by atoms with Crippen LogP contribution in [0.5, 0.6) is 11.5 Å². The molecule has 0 atom stereocenters. The molecule has 1 aromatic heterocycles. The van der Waals surface area contributed by atoms with Crippen LogP contribution in [0.15, 0.2) is 60.8 Å². The van der Waals surface area contributed by atoms with Gasteiger partial charge in [-0.05, 0) is 23.3 Å². The lowest BCUT2D eigenvalue weighted by atomic mass is 10.0. The average molecular weight is 338 g/mol. The Morgan fingerprint density at radius 2 is 1.60 bits per heavy atom. The maximum atomic E-state index is 14.3. The standard InChI is InChI=1S/C19H12F2N2O2/c20-14-9-17(25)18(21)19-13(14)10-22-23(19)15-7-6-12(8-16(15)24)11-4-2-1-3-5-11/h1-10,24-25H. The smallest absolute Gasteiger partial charge is 0.191 e. The molecule has 4 rings (SSSR count). The zero-order valence-corrected chi connectivity index (χ0v) is 12.8. The predicted molar refractivity (Wildman–Crippen MR) is 89.8 cm³/mol. The molecule has 0 aliphatic heterocycles. The van der Waals surface area contributed by atoms with E-state index in [0.717, 1.165) is 22.0 Å². The number of aromatic nitrogens is 2. The van der Waals surface area contributed by atoms with Crippen molar-refractivity contribution >= 4 is 10.9 Å². The molecule has 124 valence electrons. The van der Waals surface area contributed by atoms with E-state index < -0.39 is 17.4 Å². The van der Waals surface area contributed by atoms with E-state index in [9.17, 15) is 19.0 Å². The average Bonchev–Trinajstić information content (AvgIpc) is 3.06. The van der Waals surface area contributed by atoms with Gasteiger partial charge in [0.05, 0.1) is 11.6 Å². The van der Waals surface area contributed by atoms with Crippen molar-refractivity contribution in [3.63, 3.8) is 0 Å². The highest BCUT2D eigenvalue weighted by atomic mass is 19.1. The topological polar surface area (TPSA) is 58.3 Å². The van der Waals surface area contributed by atoms with Gasteiger partial charge in [0.2, 0.25) is 0 Å². The SMILES string of the molecule is Oc1cc(-c2ccccc2)ccc1-n1ncc2c(F)cc(O)c(F)c21. The lowest BCUT2D eigenvalue weighted by molar-refractivity contribution is 0.430. The van der Waals surface area contributed by atoms with E-state index in [1.807, 2.05) is 30.3 Å². The van der Waals surface area contributed by atoms with Crippen LogP contribution < -0.4 is 0 Å². The third-order valence-corrected chi connectivity index (χ3v) is 4.03. The Morgan fingerprint density at radius 1 is 0.840 bits per heavy atom. The van der Waals surface area contributed by atoms with Crippen LogP contribution in [-0.2, 0) is 0 Å². The third kappa shape index (κ3) is 2.39. The summed E-state index contributed by atoms with van der Waals surface area (Å²) >= 11 is 0. The number of hydrogen-bond donors (Lipinski definition) is 2. The molecular weight excluding hydrogens is 326 g/mol. The fourth-order valence-corrected chi connectivity index (χ4v) is 2.81. The molecule has 3 aromatic carbocycles. The van der Waals surface area contributed by atoms with Crippen molar-refractivity contribution in [3.05, 3.63) is 72.4 Å². The van der Waals surface area contributed by atoms with E-state index in [2.05, 4.69) is 5.10 Å². The lowest BCUT2D eigenvalue weighted by Gasteiger charge is -2.10. The van der Waals surface area contributed by atoms with Crippen LogP contribution in [0.3, 0.4) is 0 Å². The summed E-state index contributed by atoms with van der Waals surface area (Å²) in [6.07, 6.45) is 1.15. The van der Waals surface area contributed by atoms with E-state index in [0.29, 0.717) is 6.07 Å². The predicted octanol–water partition coefficient (Wildman–Crippen LogP) is 4.38. The number of fused-ring (bicyclic) bond motifs is 1. The first-order valence-corrected chi connectivity index (χ1v) is 7.50. The van der Waals surface area contributed by atoms with Gasteiger partial charge in [0.15, 0.2) is 11.6 Å². The Balaban J connectivity index is 1.90. The summed E-state index contributed by atoms with van der Waals surface area (Å²) in [7, 11) is 0. The third-order valence-electron chi connectivity index (χ3n) is 4.03. The van der Waals surface area contributed by atoms with Crippen LogP contribution in [0.25, 0.3) is 27.7 Å². The van der Waals surface area contributed by atoms with Crippen molar-refractivity contribution < 1.29 is 19.0 Å². The van der Waals surface area contributed by atoms with Gasteiger partial charge >= 0.3 is 0 Å². The molecule has 0 saturated carbocycles. The van der Waals surface area contributed by atoms with E-state index >= 15 is 0 Å².